The summed E-state index contributed by atoms with van der Waals surface area (Å²) in [5.41, 5.74) is 0.217. The van der Waals surface area contributed by atoms with E-state index >= 15 is 0 Å². The van der Waals surface area contributed by atoms with Gasteiger partial charge in [0, 0.05) is 5.56 Å². The van der Waals surface area contributed by atoms with Gasteiger partial charge in [-0.3, -0.25) is 0 Å². The smallest absolute Gasteiger partial charge is 0.356 e. The Morgan fingerprint density at radius 1 is 1.27 bits per heavy atom. The fourth-order valence-corrected chi connectivity index (χ4v) is 3.11. The van der Waals surface area contributed by atoms with Gasteiger partial charge in [-0.1, -0.05) is 25.0 Å². The van der Waals surface area contributed by atoms with Crippen LogP contribution in [0.4, 0.5) is 4.39 Å². The number of carbonyl (C=O) groups is 1. The first kappa shape index (κ1) is 14.7. The van der Waals surface area contributed by atoms with Gasteiger partial charge in [0.15, 0.2) is 5.69 Å². The molecule has 2 N–H and O–H groups in total. The zero-order valence-corrected chi connectivity index (χ0v) is 11.9. The second-order valence-electron chi connectivity index (χ2n) is 5.55. The molecule has 0 bridgehead atoms. The topological polar surface area (TPSA) is 75.3 Å². The minimum atomic E-state index is -1.21. The van der Waals surface area contributed by atoms with Crippen molar-refractivity contribution in [3.8, 4) is 11.3 Å². The van der Waals surface area contributed by atoms with Gasteiger partial charge < -0.3 is 14.8 Å². The highest BCUT2D eigenvalue weighted by Gasteiger charge is 2.30. The van der Waals surface area contributed by atoms with Crippen molar-refractivity contribution in [3.05, 3.63) is 42.1 Å². The molecule has 0 radical (unpaired) electrons. The molecule has 5 nitrogen and oxygen atoms in total. The summed E-state index contributed by atoms with van der Waals surface area (Å²) >= 11 is 0. The maximum absolute atomic E-state index is 14.1. The minimum Gasteiger partial charge on any atom is -0.476 e. The highest BCUT2D eigenvalue weighted by Crippen LogP contribution is 2.35. The van der Waals surface area contributed by atoms with E-state index in [4.69, 9.17) is 0 Å². The van der Waals surface area contributed by atoms with Gasteiger partial charge in [-0.05, 0) is 25.0 Å². The minimum absolute atomic E-state index is 0.190. The van der Waals surface area contributed by atoms with Gasteiger partial charge in [-0.25, -0.2) is 14.2 Å². The second-order valence-corrected chi connectivity index (χ2v) is 5.55. The van der Waals surface area contributed by atoms with Crippen LogP contribution in [-0.2, 0) is 0 Å². The molecule has 0 aliphatic heterocycles. The van der Waals surface area contributed by atoms with Crippen molar-refractivity contribution in [1.29, 1.82) is 0 Å². The van der Waals surface area contributed by atoms with Crippen LogP contribution < -0.4 is 0 Å². The highest BCUT2D eigenvalue weighted by molar-refractivity contribution is 5.93. The van der Waals surface area contributed by atoms with Gasteiger partial charge in [0.25, 0.3) is 0 Å². The standard InChI is InChI=1S/C16H17FN2O3/c17-11-6-2-1-5-10(11)15-14(16(21)22)18-9-19(15)12-7-3-4-8-13(12)20/h1-2,5-6,9,12-13,20H,3-4,7-8H2,(H,21,22)/t12-,13+/m0/s1. The number of hydrogen-bond acceptors (Lipinski definition) is 3. The molecular weight excluding hydrogens is 287 g/mol. The summed E-state index contributed by atoms with van der Waals surface area (Å²) in [6.07, 6.45) is 4.08. The summed E-state index contributed by atoms with van der Waals surface area (Å²) in [6, 6.07) is 5.75. The number of aromatic nitrogens is 2. The average Bonchev–Trinajstić information content (AvgIpc) is 2.93. The van der Waals surface area contributed by atoms with E-state index in [0.717, 1.165) is 19.3 Å². The Hall–Kier alpha value is -2.21. The number of hydrogen-bond donors (Lipinski definition) is 2. The molecule has 0 spiro atoms. The van der Waals surface area contributed by atoms with Crippen molar-refractivity contribution in [3.63, 3.8) is 0 Å². The van der Waals surface area contributed by atoms with Gasteiger partial charge in [-0.2, -0.15) is 0 Å². The average molecular weight is 304 g/mol. The van der Waals surface area contributed by atoms with Crippen LogP contribution in [0.25, 0.3) is 11.3 Å². The van der Waals surface area contributed by atoms with Gasteiger partial charge >= 0.3 is 5.97 Å². The molecule has 0 amide bonds. The first-order valence-electron chi connectivity index (χ1n) is 7.32. The molecule has 6 heteroatoms. The lowest BCUT2D eigenvalue weighted by molar-refractivity contribution is 0.0687. The van der Waals surface area contributed by atoms with Crippen molar-refractivity contribution in [1.82, 2.24) is 9.55 Å². The van der Waals surface area contributed by atoms with E-state index in [1.807, 2.05) is 0 Å². The number of carboxylic acids is 1. The molecule has 1 aliphatic carbocycles. The highest BCUT2D eigenvalue weighted by atomic mass is 19.1. The number of rotatable bonds is 3. The van der Waals surface area contributed by atoms with E-state index in [1.165, 1.54) is 18.5 Å². The summed E-state index contributed by atoms with van der Waals surface area (Å²) < 4.78 is 15.8. The van der Waals surface area contributed by atoms with Crippen LogP contribution in [-0.4, -0.2) is 31.8 Å². The summed E-state index contributed by atoms with van der Waals surface area (Å²) in [4.78, 5) is 15.4. The number of benzene rings is 1. The summed E-state index contributed by atoms with van der Waals surface area (Å²) in [6.45, 7) is 0. The van der Waals surface area contributed by atoms with E-state index in [1.54, 1.807) is 16.7 Å². The molecule has 3 rings (SSSR count). The molecule has 22 heavy (non-hydrogen) atoms. The number of aromatic carboxylic acids is 1. The number of imidazole rings is 1. The molecule has 0 saturated heterocycles. The lowest BCUT2D eigenvalue weighted by atomic mass is 9.92. The Morgan fingerprint density at radius 3 is 2.68 bits per heavy atom. The van der Waals surface area contributed by atoms with E-state index in [-0.39, 0.29) is 23.0 Å². The molecule has 1 saturated carbocycles. The normalized spacial score (nSPS) is 21.7. The van der Waals surface area contributed by atoms with Crippen LogP contribution in [0, 0.1) is 5.82 Å². The van der Waals surface area contributed by atoms with Gasteiger partial charge in [0.2, 0.25) is 0 Å². The van der Waals surface area contributed by atoms with Crippen LogP contribution in [0.3, 0.4) is 0 Å². The number of aliphatic hydroxyl groups is 1. The Morgan fingerprint density at radius 2 is 2.00 bits per heavy atom. The number of nitrogens with zero attached hydrogens (tertiary/aromatic N) is 2. The lowest BCUT2D eigenvalue weighted by Crippen LogP contribution is -2.27. The Kier molecular flexibility index (Phi) is 3.94. The van der Waals surface area contributed by atoms with Crippen LogP contribution in [0.2, 0.25) is 0 Å². The SMILES string of the molecule is O=C(O)c1ncn([C@H]2CCCC[C@H]2O)c1-c1ccccc1F. The van der Waals surface area contributed by atoms with E-state index in [2.05, 4.69) is 4.98 Å². The Balaban J connectivity index is 2.16. The molecule has 2 atom stereocenters. The van der Waals surface area contributed by atoms with Crippen molar-refractivity contribution in [2.75, 3.05) is 0 Å². The third kappa shape index (κ3) is 2.50. The predicted octanol–water partition coefficient (Wildman–Crippen LogP) is 2.86. The number of aliphatic hydroxyl groups excluding tert-OH is 1. The maximum Gasteiger partial charge on any atom is 0.356 e. The molecule has 116 valence electrons. The summed E-state index contributed by atoms with van der Waals surface area (Å²) in [5.74, 6) is -1.71. The molecule has 1 aromatic heterocycles. The van der Waals surface area contributed by atoms with E-state index < -0.39 is 17.9 Å². The van der Waals surface area contributed by atoms with E-state index in [9.17, 15) is 19.4 Å². The lowest BCUT2D eigenvalue weighted by Gasteiger charge is -2.30. The van der Waals surface area contributed by atoms with Gasteiger partial charge in [0.05, 0.1) is 24.2 Å². The van der Waals surface area contributed by atoms with Crippen molar-refractivity contribution < 1.29 is 19.4 Å². The van der Waals surface area contributed by atoms with Crippen LogP contribution in [0.1, 0.15) is 42.2 Å². The zero-order valence-electron chi connectivity index (χ0n) is 11.9. The van der Waals surface area contributed by atoms with Crippen molar-refractivity contribution in [2.45, 2.75) is 37.8 Å². The monoisotopic (exact) mass is 304 g/mol. The number of carboxylic acid groups (broad SMARTS) is 1. The van der Waals surface area contributed by atoms with E-state index in [0.29, 0.717) is 6.42 Å². The van der Waals surface area contributed by atoms with Gasteiger partial charge in [-0.15, -0.1) is 0 Å². The van der Waals surface area contributed by atoms with Crippen LogP contribution in [0.15, 0.2) is 30.6 Å². The molecule has 1 aromatic carbocycles. The number of halogens is 1. The third-order valence-electron chi connectivity index (χ3n) is 4.18. The molecule has 1 aliphatic rings. The first-order chi connectivity index (χ1) is 10.6. The second kappa shape index (κ2) is 5.88. The van der Waals surface area contributed by atoms with Crippen LogP contribution in [0.5, 0.6) is 0 Å². The molecule has 0 unspecified atom stereocenters. The Labute approximate surface area is 127 Å². The quantitative estimate of drug-likeness (QED) is 0.914. The fourth-order valence-electron chi connectivity index (χ4n) is 3.11. The Bertz CT molecular complexity index is 698. The first-order valence-corrected chi connectivity index (χ1v) is 7.32. The van der Waals surface area contributed by atoms with Crippen molar-refractivity contribution in [2.24, 2.45) is 0 Å². The summed E-state index contributed by atoms with van der Waals surface area (Å²) in [5, 5.41) is 19.6. The zero-order chi connectivity index (χ0) is 15.7. The fraction of sp³-hybridized carbons (Fsp3) is 0.375. The third-order valence-corrected chi connectivity index (χ3v) is 4.18. The molecular formula is C16H17FN2O3. The largest absolute Gasteiger partial charge is 0.476 e. The van der Waals surface area contributed by atoms with Crippen molar-refractivity contribution >= 4 is 5.97 Å². The molecule has 1 fully saturated rings. The van der Waals surface area contributed by atoms with Gasteiger partial charge in [0.1, 0.15) is 5.82 Å². The maximum atomic E-state index is 14.1. The predicted molar refractivity (Wildman–Crippen MR) is 78.1 cm³/mol. The summed E-state index contributed by atoms with van der Waals surface area (Å²) in [7, 11) is 0. The molecule has 1 heterocycles. The molecule has 2 aromatic rings. The van der Waals surface area contributed by atoms with Crippen LogP contribution >= 0.6 is 0 Å².